The normalized spacial score (nSPS) is 13.8. The average molecular weight is 584 g/mol. The van der Waals surface area contributed by atoms with Crippen LogP contribution in [0.5, 0.6) is 5.88 Å². The van der Waals surface area contributed by atoms with Crippen LogP contribution in [0, 0.1) is 17.1 Å². The molecule has 1 aromatic carbocycles. The van der Waals surface area contributed by atoms with Gasteiger partial charge >= 0.3 is 5.97 Å². The number of halogens is 1. The number of aromatic carboxylic acids is 1. The zero-order chi connectivity index (χ0) is 29.9. The summed E-state index contributed by atoms with van der Waals surface area (Å²) in [5.74, 6) is 0.546. The molecule has 5 heterocycles. The van der Waals surface area contributed by atoms with Crippen LogP contribution < -0.4 is 9.64 Å². The lowest BCUT2D eigenvalue weighted by atomic mass is 10.1. The van der Waals surface area contributed by atoms with Gasteiger partial charge in [0, 0.05) is 56.7 Å². The van der Waals surface area contributed by atoms with Gasteiger partial charge in [-0.15, -0.1) is 0 Å². The fourth-order valence-corrected chi connectivity index (χ4v) is 5.25. The first-order valence-corrected chi connectivity index (χ1v) is 14.0. The first-order chi connectivity index (χ1) is 20.9. The summed E-state index contributed by atoms with van der Waals surface area (Å²) >= 11 is 0. The fraction of sp³-hybridized carbons (Fsp3) is 0.300. The van der Waals surface area contributed by atoms with E-state index in [1.807, 2.05) is 24.4 Å². The molecule has 0 amide bonds. The van der Waals surface area contributed by atoms with E-state index in [4.69, 9.17) is 15.1 Å². The Morgan fingerprint density at radius 2 is 1.98 bits per heavy atom. The molecule has 0 atom stereocenters. The molecule has 4 aromatic heterocycles. The standard InChI is InChI=1S/C30H30FN9O3/c1-2-37-20-33-15-24(37)17-39-27(35-40-16-23(30(41)42)13-29(39)40)18-36-8-10-38(11-9-36)26-4-3-5-28(34-26)43-19-22-7-6-21(14-32)12-25(22)31/h3-7,12-13,15-16,20H,2,8-11,17-19H2,1H3,(H,41,42). The van der Waals surface area contributed by atoms with Crippen molar-refractivity contribution in [1.29, 1.82) is 5.26 Å². The Morgan fingerprint density at radius 3 is 2.72 bits per heavy atom. The molecular weight excluding hydrogens is 553 g/mol. The number of carboxylic acids is 1. The minimum absolute atomic E-state index is 0.00995. The van der Waals surface area contributed by atoms with Crippen molar-refractivity contribution in [3.63, 3.8) is 0 Å². The molecule has 13 heteroatoms. The number of nitrogens with zero attached hydrogens (tertiary/aromatic N) is 9. The summed E-state index contributed by atoms with van der Waals surface area (Å²) < 4.78 is 25.8. The molecule has 0 saturated carbocycles. The molecular formula is C30H30FN9O3. The van der Waals surface area contributed by atoms with Crippen molar-refractivity contribution in [3.05, 3.63) is 95.2 Å². The van der Waals surface area contributed by atoms with E-state index in [2.05, 4.69) is 35.8 Å². The van der Waals surface area contributed by atoms with E-state index in [1.165, 1.54) is 6.07 Å². The van der Waals surface area contributed by atoms with Gasteiger partial charge in [-0.25, -0.2) is 18.7 Å². The Morgan fingerprint density at radius 1 is 1.14 bits per heavy atom. The summed E-state index contributed by atoms with van der Waals surface area (Å²) in [6.45, 7) is 7.01. The van der Waals surface area contributed by atoms with Crippen LogP contribution in [0.25, 0.3) is 5.65 Å². The number of rotatable bonds is 10. The van der Waals surface area contributed by atoms with Gasteiger partial charge in [0.2, 0.25) is 5.88 Å². The van der Waals surface area contributed by atoms with Crippen LogP contribution in [-0.4, -0.2) is 70.9 Å². The molecule has 1 fully saturated rings. The lowest BCUT2D eigenvalue weighted by molar-refractivity contribution is 0.0697. The number of fused-ring (bicyclic) bond motifs is 1. The fourth-order valence-electron chi connectivity index (χ4n) is 5.25. The first-order valence-electron chi connectivity index (χ1n) is 14.0. The third-order valence-corrected chi connectivity index (χ3v) is 7.63. The smallest absolute Gasteiger partial charge is 0.337 e. The predicted octanol–water partition coefficient (Wildman–Crippen LogP) is 3.41. The predicted molar refractivity (Wildman–Crippen MR) is 154 cm³/mol. The Kier molecular flexibility index (Phi) is 7.76. The van der Waals surface area contributed by atoms with E-state index in [0.717, 1.165) is 55.7 Å². The molecule has 0 spiro atoms. The maximum atomic E-state index is 14.2. The number of benzene rings is 1. The zero-order valence-electron chi connectivity index (χ0n) is 23.6. The molecule has 0 bridgehead atoms. The van der Waals surface area contributed by atoms with E-state index >= 15 is 0 Å². The second-order valence-electron chi connectivity index (χ2n) is 10.3. The third-order valence-electron chi connectivity index (χ3n) is 7.63. The van der Waals surface area contributed by atoms with Crippen LogP contribution in [0.15, 0.2) is 61.2 Å². The average Bonchev–Trinajstić information content (AvgIpc) is 3.73. The number of carbonyl (C=O) groups is 1. The first kappa shape index (κ1) is 27.9. The van der Waals surface area contributed by atoms with Crippen molar-refractivity contribution in [1.82, 2.24) is 33.6 Å². The summed E-state index contributed by atoms with van der Waals surface area (Å²) in [6.07, 6.45) is 5.17. The van der Waals surface area contributed by atoms with E-state index < -0.39 is 11.8 Å². The zero-order valence-corrected chi connectivity index (χ0v) is 23.6. The molecule has 0 unspecified atom stereocenters. The van der Waals surface area contributed by atoms with Crippen LogP contribution in [-0.2, 0) is 26.2 Å². The number of aryl methyl sites for hydroxylation is 1. The summed E-state index contributed by atoms with van der Waals surface area (Å²) in [5, 5.41) is 23.2. The van der Waals surface area contributed by atoms with Crippen LogP contribution in [0.2, 0.25) is 0 Å². The van der Waals surface area contributed by atoms with Crippen molar-refractivity contribution in [2.75, 3.05) is 31.1 Å². The monoisotopic (exact) mass is 583 g/mol. The Labute approximate surface area is 246 Å². The summed E-state index contributed by atoms with van der Waals surface area (Å²) in [6, 6.07) is 13.4. The molecule has 0 radical (unpaired) electrons. The quantitative estimate of drug-likeness (QED) is 0.263. The molecule has 1 saturated heterocycles. The van der Waals surface area contributed by atoms with Gasteiger partial charge in [-0.05, 0) is 31.2 Å². The van der Waals surface area contributed by atoms with Gasteiger partial charge in [0.1, 0.15) is 29.7 Å². The number of hydrogen-bond donors (Lipinski definition) is 1. The lowest BCUT2D eigenvalue weighted by Gasteiger charge is -2.35. The van der Waals surface area contributed by atoms with Crippen LogP contribution >= 0.6 is 0 Å². The Bertz CT molecular complexity index is 1810. The van der Waals surface area contributed by atoms with Gasteiger partial charge in [0.05, 0.1) is 42.3 Å². The summed E-state index contributed by atoms with van der Waals surface area (Å²) in [7, 11) is 0. The third kappa shape index (κ3) is 5.91. The van der Waals surface area contributed by atoms with Gasteiger partial charge in [0.25, 0.3) is 0 Å². The number of nitriles is 1. The minimum Gasteiger partial charge on any atom is -0.478 e. The second-order valence-corrected chi connectivity index (χ2v) is 10.3. The SMILES string of the molecule is CCn1cncc1Cn1c(CN2CCN(c3cccc(OCc4ccc(C#N)cc4F)n3)CC2)nn2cc(C(=O)O)cc12. The maximum absolute atomic E-state index is 14.2. The topological polar surface area (TPSA) is 130 Å². The molecule has 1 aliphatic heterocycles. The van der Waals surface area contributed by atoms with Crippen molar-refractivity contribution in [2.45, 2.75) is 33.2 Å². The molecule has 6 rings (SSSR count). The minimum atomic E-state index is -0.988. The van der Waals surface area contributed by atoms with E-state index in [-0.39, 0.29) is 17.7 Å². The Hall–Kier alpha value is -5.22. The number of piperazine rings is 1. The van der Waals surface area contributed by atoms with Crippen LogP contribution in [0.1, 0.15) is 39.9 Å². The molecule has 5 aromatic rings. The lowest BCUT2D eigenvalue weighted by Crippen LogP contribution is -2.46. The largest absolute Gasteiger partial charge is 0.478 e. The second kappa shape index (κ2) is 11.9. The maximum Gasteiger partial charge on any atom is 0.337 e. The van der Waals surface area contributed by atoms with E-state index in [1.54, 1.807) is 41.3 Å². The van der Waals surface area contributed by atoms with Crippen molar-refractivity contribution in [3.8, 4) is 11.9 Å². The van der Waals surface area contributed by atoms with Crippen molar-refractivity contribution in [2.24, 2.45) is 0 Å². The van der Waals surface area contributed by atoms with Crippen LogP contribution in [0.4, 0.5) is 10.2 Å². The van der Waals surface area contributed by atoms with Gasteiger partial charge in [-0.3, -0.25) is 4.90 Å². The molecule has 1 N–H and O–H groups in total. The number of anilines is 1. The highest BCUT2D eigenvalue weighted by atomic mass is 19.1. The van der Waals surface area contributed by atoms with Gasteiger partial charge in [-0.2, -0.15) is 15.3 Å². The van der Waals surface area contributed by atoms with E-state index in [9.17, 15) is 14.3 Å². The highest BCUT2D eigenvalue weighted by Gasteiger charge is 2.23. The molecule has 220 valence electrons. The number of pyridine rings is 1. The van der Waals surface area contributed by atoms with Crippen molar-refractivity contribution < 1.29 is 19.0 Å². The number of hydrogen-bond acceptors (Lipinski definition) is 8. The molecule has 12 nitrogen and oxygen atoms in total. The summed E-state index contributed by atoms with van der Waals surface area (Å²) in [5.41, 5.74) is 2.55. The number of ether oxygens (including phenoxy) is 1. The van der Waals surface area contributed by atoms with Crippen molar-refractivity contribution >= 4 is 17.4 Å². The van der Waals surface area contributed by atoms with E-state index in [0.29, 0.717) is 24.5 Å². The number of aromatic nitrogens is 6. The number of imidazole rings is 1. The molecule has 0 aliphatic carbocycles. The number of carboxylic acid groups (broad SMARTS) is 1. The molecule has 43 heavy (non-hydrogen) atoms. The van der Waals surface area contributed by atoms with Gasteiger partial charge in [-0.1, -0.05) is 12.1 Å². The van der Waals surface area contributed by atoms with Gasteiger partial charge in [0.15, 0.2) is 0 Å². The van der Waals surface area contributed by atoms with Gasteiger partial charge < -0.3 is 23.9 Å². The van der Waals surface area contributed by atoms with Crippen LogP contribution in [0.3, 0.4) is 0 Å². The summed E-state index contributed by atoms with van der Waals surface area (Å²) in [4.78, 5) is 25.0. The highest BCUT2D eigenvalue weighted by Crippen LogP contribution is 2.22. The Balaban J connectivity index is 1.12. The molecule has 1 aliphatic rings. The highest BCUT2D eigenvalue weighted by molar-refractivity contribution is 5.89.